The lowest BCUT2D eigenvalue weighted by Gasteiger charge is -2.10. The van der Waals surface area contributed by atoms with Crippen LogP contribution in [0, 0.1) is 0 Å². The van der Waals surface area contributed by atoms with Gasteiger partial charge in [-0.15, -0.1) is 0 Å². The number of benzene rings is 1. The van der Waals surface area contributed by atoms with E-state index < -0.39 is 0 Å². The fraction of sp³-hybridized carbons (Fsp3) is 0.560. The van der Waals surface area contributed by atoms with Crippen LogP contribution in [0.2, 0.25) is 0 Å². The minimum absolute atomic E-state index is 0.793. The van der Waals surface area contributed by atoms with Crippen LogP contribution >= 0.6 is 0 Å². The molecule has 1 aliphatic carbocycles. The molecule has 140 valence electrons. The van der Waals surface area contributed by atoms with Crippen LogP contribution in [-0.2, 0) is 6.42 Å². The van der Waals surface area contributed by atoms with Gasteiger partial charge in [0.1, 0.15) is 0 Å². The van der Waals surface area contributed by atoms with Crippen molar-refractivity contribution in [3.63, 3.8) is 0 Å². The molecule has 2 aromatic rings. The van der Waals surface area contributed by atoms with E-state index in [9.17, 15) is 0 Å². The molecule has 0 amide bonds. The van der Waals surface area contributed by atoms with Gasteiger partial charge in [-0.05, 0) is 48.8 Å². The fourth-order valence-corrected chi connectivity index (χ4v) is 4.21. The van der Waals surface area contributed by atoms with Gasteiger partial charge in [0.25, 0.3) is 0 Å². The highest BCUT2D eigenvalue weighted by Gasteiger charge is 2.16. The first kappa shape index (κ1) is 19.1. The van der Waals surface area contributed by atoms with Crippen LogP contribution in [-0.4, -0.2) is 4.98 Å². The molecular weight excluding hydrogens is 314 g/mol. The van der Waals surface area contributed by atoms with E-state index >= 15 is 0 Å². The number of aromatic nitrogens is 1. The summed E-state index contributed by atoms with van der Waals surface area (Å²) in [6.45, 7) is 2.28. The summed E-state index contributed by atoms with van der Waals surface area (Å²) in [4.78, 5) is 4.72. The average molecular weight is 350 g/mol. The Hall–Kier alpha value is -1.63. The second kappa shape index (κ2) is 10.5. The SMILES string of the molecule is CCCCCCCCCc1ccc(-c2ccc(C3CCCC3)cc2)nc1. The summed E-state index contributed by atoms with van der Waals surface area (Å²) in [5.74, 6) is 0.793. The zero-order valence-corrected chi connectivity index (χ0v) is 16.6. The largest absolute Gasteiger partial charge is 0.256 e. The van der Waals surface area contributed by atoms with Crippen LogP contribution in [0.5, 0.6) is 0 Å². The van der Waals surface area contributed by atoms with Crippen molar-refractivity contribution in [3.05, 3.63) is 53.7 Å². The summed E-state index contributed by atoms with van der Waals surface area (Å²) in [5.41, 5.74) is 5.24. The van der Waals surface area contributed by atoms with E-state index in [4.69, 9.17) is 4.98 Å². The highest BCUT2D eigenvalue weighted by molar-refractivity contribution is 5.59. The van der Waals surface area contributed by atoms with Crippen molar-refractivity contribution in [2.75, 3.05) is 0 Å². The molecule has 0 atom stereocenters. The van der Waals surface area contributed by atoms with Crippen molar-refractivity contribution in [3.8, 4) is 11.3 Å². The second-order valence-electron chi connectivity index (χ2n) is 8.03. The fourth-order valence-electron chi connectivity index (χ4n) is 4.21. The molecule has 1 aliphatic rings. The maximum absolute atomic E-state index is 4.72. The van der Waals surface area contributed by atoms with Gasteiger partial charge in [-0.2, -0.15) is 0 Å². The maximum atomic E-state index is 4.72. The molecule has 0 spiro atoms. The first-order chi connectivity index (χ1) is 12.9. The molecular formula is C25H35N. The highest BCUT2D eigenvalue weighted by atomic mass is 14.7. The normalized spacial score (nSPS) is 14.8. The third-order valence-corrected chi connectivity index (χ3v) is 5.93. The number of unbranched alkanes of at least 4 members (excludes halogenated alkanes) is 6. The number of pyridine rings is 1. The molecule has 1 aromatic carbocycles. The Bertz CT molecular complexity index is 620. The molecule has 1 fully saturated rings. The van der Waals surface area contributed by atoms with Gasteiger partial charge in [0.15, 0.2) is 0 Å². The van der Waals surface area contributed by atoms with Gasteiger partial charge < -0.3 is 0 Å². The van der Waals surface area contributed by atoms with Crippen molar-refractivity contribution >= 4 is 0 Å². The van der Waals surface area contributed by atoms with E-state index in [0.29, 0.717) is 0 Å². The minimum Gasteiger partial charge on any atom is -0.256 e. The van der Waals surface area contributed by atoms with E-state index in [1.165, 1.54) is 93.7 Å². The van der Waals surface area contributed by atoms with E-state index in [0.717, 1.165) is 11.6 Å². The zero-order valence-electron chi connectivity index (χ0n) is 16.6. The van der Waals surface area contributed by atoms with Crippen molar-refractivity contribution in [1.82, 2.24) is 4.98 Å². The lowest BCUT2D eigenvalue weighted by Crippen LogP contribution is -1.93. The van der Waals surface area contributed by atoms with Crippen molar-refractivity contribution in [1.29, 1.82) is 0 Å². The van der Waals surface area contributed by atoms with Crippen LogP contribution in [0.4, 0.5) is 0 Å². The van der Waals surface area contributed by atoms with E-state index in [2.05, 4.69) is 49.5 Å². The van der Waals surface area contributed by atoms with Gasteiger partial charge in [-0.3, -0.25) is 4.98 Å². The molecule has 1 aromatic heterocycles. The molecule has 1 saturated carbocycles. The van der Waals surface area contributed by atoms with Crippen LogP contribution in [0.3, 0.4) is 0 Å². The molecule has 3 rings (SSSR count). The average Bonchev–Trinajstić information content (AvgIpc) is 3.23. The Balaban J connectivity index is 1.45. The number of aryl methyl sites for hydroxylation is 1. The van der Waals surface area contributed by atoms with Crippen LogP contribution in [0.15, 0.2) is 42.6 Å². The molecule has 26 heavy (non-hydrogen) atoms. The van der Waals surface area contributed by atoms with Crippen LogP contribution < -0.4 is 0 Å². The Morgan fingerprint density at radius 2 is 1.50 bits per heavy atom. The molecule has 0 saturated heterocycles. The van der Waals surface area contributed by atoms with Gasteiger partial charge in [-0.25, -0.2) is 0 Å². The topological polar surface area (TPSA) is 12.9 Å². The van der Waals surface area contributed by atoms with E-state index in [-0.39, 0.29) is 0 Å². The smallest absolute Gasteiger partial charge is 0.0702 e. The maximum Gasteiger partial charge on any atom is 0.0702 e. The molecule has 0 N–H and O–H groups in total. The monoisotopic (exact) mass is 349 g/mol. The van der Waals surface area contributed by atoms with Gasteiger partial charge in [0.05, 0.1) is 5.69 Å². The number of nitrogens with zero attached hydrogens (tertiary/aromatic N) is 1. The second-order valence-corrected chi connectivity index (χ2v) is 8.03. The predicted molar refractivity (Wildman–Crippen MR) is 113 cm³/mol. The Morgan fingerprint density at radius 1 is 0.808 bits per heavy atom. The molecule has 0 unspecified atom stereocenters. The van der Waals surface area contributed by atoms with Crippen molar-refractivity contribution in [2.45, 2.75) is 89.9 Å². The predicted octanol–water partition coefficient (Wildman–Crippen LogP) is 7.70. The van der Waals surface area contributed by atoms with Crippen molar-refractivity contribution < 1.29 is 0 Å². The van der Waals surface area contributed by atoms with Crippen LogP contribution in [0.25, 0.3) is 11.3 Å². The first-order valence-corrected chi connectivity index (χ1v) is 10.9. The molecule has 1 nitrogen and oxygen atoms in total. The summed E-state index contributed by atoms with van der Waals surface area (Å²) < 4.78 is 0. The van der Waals surface area contributed by atoms with E-state index in [1.54, 1.807) is 0 Å². The zero-order chi connectivity index (χ0) is 18.0. The summed E-state index contributed by atoms with van der Waals surface area (Å²) in [6.07, 6.45) is 18.4. The lowest BCUT2D eigenvalue weighted by molar-refractivity contribution is 0.589. The molecule has 0 bridgehead atoms. The first-order valence-electron chi connectivity index (χ1n) is 10.9. The summed E-state index contributed by atoms with van der Waals surface area (Å²) >= 11 is 0. The van der Waals surface area contributed by atoms with Gasteiger partial charge in [0.2, 0.25) is 0 Å². The molecule has 1 heterocycles. The standard InChI is InChI=1S/C25H35N/c1-2-3-4-5-6-7-8-11-21-14-19-25(26-20-21)24-17-15-23(16-18-24)22-12-9-10-13-22/h14-20,22H,2-13H2,1H3. The quantitative estimate of drug-likeness (QED) is 0.400. The Morgan fingerprint density at radius 3 is 2.15 bits per heavy atom. The molecule has 1 heteroatoms. The van der Waals surface area contributed by atoms with Gasteiger partial charge >= 0.3 is 0 Å². The lowest BCUT2D eigenvalue weighted by atomic mass is 9.96. The number of hydrogen-bond donors (Lipinski definition) is 0. The Kier molecular flexibility index (Phi) is 7.73. The third kappa shape index (κ3) is 5.69. The molecule has 0 radical (unpaired) electrons. The molecule has 0 aliphatic heterocycles. The number of hydrogen-bond acceptors (Lipinski definition) is 1. The minimum atomic E-state index is 0.793. The van der Waals surface area contributed by atoms with Crippen molar-refractivity contribution in [2.24, 2.45) is 0 Å². The van der Waals surface area contributed by atoms with Crippen LogP contribution in [0.1, 0.15) is 94.6 Å². The third-order valence-electron chi connectivity index (χ3n) is 5.93. The summed E-state index contributed by atoms with van der Waals surface area (Å²) in [7, 11) is 0. The van der Waals surface area contributed by atoms with E-state index in [1.807, 2.05) is 0 Å². The van der Waals surface area contributed by atoms with Gasteiger partial charge in [0, 0.05) is 11.8 Å². The van der Waals surface area contributed by atoms with Gasteiger partial charge in [-0.1, -0.05) is 88.6 Å². The Labute approximate surface area is 160 Å². The highest BCUT2D eigenvalue weighted by Crippen LogP contribution is 2.34. The summed E-state index contributed by atoms with van der Waals surface area (Å²) in [5, 5.41) is 0. The number of rotatable bonds is 10. The summed E-state index contributed by atoms with van der Waals surface area (Å²) in [6, 6.07) is 13.6.